The molecule has 0 radical (unpaired) electrons. The summed E-state index contributed by atoms with van der Waals surface area (Å²) in [4.78, 5) is 13.2. The molecule has 1 aliphatic rings. The number of ether oxygens (including phenoxy) is 1. The molecule has 1 N–H and O–H groups in total. The SMILES string of the molecule is Cc1cc2c(F)c(OCCc3ncnc(Nc4ccc(N5CCN(C)CC5)cc4)c3C#N)cc(F)c2n1C(C)C. The van der Waals surface area contributed by atoms with E-state index in [1.807, 2.05) is 32.9 Å². The number of nitrogens with one attached hydrogen (secondary N) is 1. The summed E-state index contributed by atoms with van der Waals surface area (Å²) in [7, 11) is 2.13. The Labute approximate surface area is 232 Å². The van der Waals surface area contributed by atoms with Crippen molar-refractivity contribution in [1.29, 1.82) is 5.26 Å². The molecule has 0 amide bonds. The van der Waals surface area contributed by atoms with Gasteiger partial charge in [-0.15, -0.1) is 0 Å². The van der Waals surface area contributed by atoms with E-state index in [1.165, 1.54) is 6.33 Å². The van der Waals surface area contributed by atoms with Crippen molar-refractivity contribution in [3.05, 3.63) is 71.3 Å². The Bertz CT molecular complexity index is 1550. The van der Waals surface area contributed by atoms with Gasteiger partial charge >= 0.3 is 0 Å². The van der Waals surface area contributed by atoms with Crippen LogP contribution in [-0.2, 0) is 6.42 Å². The Hall–Kier alpha value is -4.23. The molecule has 1 saturated heterocycles. The smallest absolute Gasteiger partial charge is 0.174 e. The first kappa shape index (κ1) is 27.3. The minimum Gasteiger partial charge on any atom is -0.490 e. The minimum absolute atomic E-state index is 0.0105. The summed E-state index contributed by atoms with van der Waals surface area (Å²) in [6.07, 6.45) is 1.59. The number of aromatic nitrogens is 3. The van der Waals surface area contributed by atoms with E-state index in [9.17, 15) is 9.65 Å². The number of rotatable bonds is 8. The highest BCUT2D eigenvalue weighted by Gasteiger charge is 2.21. The van der Waals surface area contributed by atoms with Crippen molar-refractivity contribution in [2.24, 2.45) is 0 Å². The fraction of sp³-hybridized carbons (Fsp3) is 0.367. The second kappa shape index (κ2) is 11.5. The summed E-state index contributed by atoms with van der Waals surface area (Å²) in [5.41, 5.74) is 3.68. The first-order valence-electron chi connectivity index (χ1n) is 13.4. The number of halogens is 2. The number of nitrogens with zero attached hydrogens (tertiary/aromatic N) is 6. The number of piperazine rings is 1. The molecule has 10 heteroatoms. The molecule has 0 unspecified atom stereocenters. The van der Waals surface area contributed by atoms with Crippen molar-refractivity contribution >= 4 is 28.1 Å². The number of aryl methyl sites for hydroxylation is 1. The largest absolute Gasteiger partial charge is 0.490 e. The van der Waals surface area contributed by atoms with E-state index in [4.69, 9.17) is 4.74 Å². The molecular formula is C30H33F2N7O. The first-order chi connectivity index (χ1) is 19.3. The number of hydrogen-bond acceptors (Lipinski definition) is 7. The molecule has 0 atom stereocenters. The maximum atomic E-state index is 15.2. The van der Waals surface area contributed by atoms with Gasteiger partial charge in [-0.25, -0.2) is 18.7 Å². The van der Waals surface area contributed by atoms with E-state index in [-0.39, 0.29) is 41.3 Å². The van der Waals surface area contributed by atoms with E-state index in [2.05, 4.69) is 50.3 Å². The van der Waals surface area contributed by atoms with Gasteiger partial charge in [-0.2, -0.15) is 5.26 Å². The molecule has 3 heterocycles. The fourth-order valence-corrected chi connectivity index (χ4v) is 5.25. The van der Waals surface area contributed by atoms with Crippen LogP contribution in [0.3, 0.4) is 0 Å². The zero-order valence-electron chi connectivity index (χ0n) is 23.2. The van der Waals surface area contributed by atoms with Crippen LogP contribution < -0.4 is 15.0 Å². The number of benzene rings is 2. The van der Waals surface area contributed by atoms with Gasteiger partial charge in [-0.05, 0) is 58.2 Å². The van der Waals surface area contributed by atoms with Gasteiger partial charge in [0.05, 0.1) is 17.8 Å². The highest BCUT2D eigenvalue weighted by molar-refractivity contribution is 5.84. The van der Waals surface area contributed by atoms with Crippen LogP contribution in [0.4, 0.5) is 26.0 Å². The quantitative estimate of drug-likeness (QED) is 0.309. The Morgan fingerprint density at radius 3 is 2.48 bits per heavy atom. The molecule has 40 heavy (non-hydrogen) atoms. The molecular weight excluding hydrogens is 512 g/mol. The normalized spacial score (nSPS) is 14.1. The average Bonchev–Trinajstić information content (AvgIpc) is 3.30. The third-order valence-corrected chi connectivity index (χ3v) is 7.31. The molecule has 2 aromatic carbocycles. The zero-order valence-corrected chi connectivity index (χ0v) is 23.2. The Morgan fingerprint density at radius 2 is 1.80 bits per heavy atom. The van der Waals surface area contributed by atoms with Crippen molar-refractivity contribution in [3.63, 3.8) is 0 Å². The van der Waals surface area contributed by atoms with Crippen LogP contribution >= 0.6 is 0 Å². The van der Waals surface area contributed by atoms with Crippen LogP contribution in [0.15, 0.2) is 42.7 Å². The molecule has 4 aromatic rings. The summed E-state index contributed by atoms with van der Waals surface area (Å²) in [6, 6.07) is 12.9. The van der Waals surface area contributed by atoms with Crippen LogP contribution in [0.5, 0.6) is 5.75 Å². The van der Waals surface area contributed by atoms with Crippen molar-refractivity contribution in [1.82, 2.24) is 19.4 Å². The molecule has 0 aliphatic carbocycles. The summed E-state index contributed by atoms with van der Waals surface area (Å²) < 4.78 is 37.7. The lowest BCUT2D eigenvalue weighted by Crippen LogP contribution is -2.44. The lowest BCUT2D eigenvalue weighted by Gasteiger charge is -2.34. The van der Waals surface area contributed by atoms with Gasteiger partial charge in [0.1, 0.15) is 18.0 Å². The summed E-state index contributed by atoms with van der Waals surface area (Å²) >= 11 is 0. The maximum Gasteiger partial charge on any atom is 0.174 e. The Morgan fingerprint density at radius 1 is 1.07 bits per heavy atom. The molecule has 0 saturated carbocycles. The predicted octanol–water partition coefficient (Wildman–Crippen LogP) is 5.59. The number of hydrogen-bond donors (Lipinski definition) is 1. The second-order valence-corrected chi connectivity index (χ2v) is 10.4. The predicted molar refractivity (Wildman–Crippen MR) is 152 cm³/mol. The molecule has 0 bridgehead atoms. The molecule has 1 aliphatic heterocycles. The van der Waals surface area contributed by atoms with Gasteiger partial charge in [-0.3, -0.25) is 0 Å². The lowest BCUT2D eigenvalue weighted by atomic mass is 10.1. The van der Waals surface area contributed by atoms with Gasteiger partial charge in [0.15, 0.2) is 23.2 Å². The highest BCUT2D eigenvalue weighted by atomic mass is 19.1. The van der Waals surface area contributed by atoms with Gasteiger partial charge in [0.25, 0.3) is 0 Å². The van der Waals surface area contributed by atoms with Gasteiger partial charge in [-0.1, -0.05) is 0 Å². The first-order valence-corrected chi connectivity index (χ1v) is 13.4. The van der Waals surface area contributed by atoms with E-state index in [0.717, 1.165) is 49.3 Å². The van der Waals surface area contributed by atoms with E-state index in [0.29, 0.717) is 11.5 Å². The van der Waals surface area contributed by atoms with E-state index in [1.54, 1.807) is 10.6 Å². The molecule has 8 nitrogen and oxygen atoms in total. The Kier molecular flexibility index (Phi) is 7.85. The lowest BCUT2D eigenvalue weighted by molar-refractivity contribution is 0.303. The number of fused-ring (bicyclic) bond motifs is 1. The fourth-order valence-electron chi connectivity index (χ4n) is 5.25. The Balaban J connectivity index is 1.28. The highest BCUT2D eigenvalue weighted by Crippen LogP contribution is 2.33. The molecule has 208 valence electrons. The van der Waals surface area contributed by atoms with Gasteiger partial charge in [0.2, 0.25) is 0 Å². The summed E-state index contributed by atoms with van der Waals surface area (Å²) in [5.74, 6) is -0.941. The van der Waals surface area contributed by atoms with Crippen LogP contribution in [0.2, 0.25) is 0 Å². The van der Waals surface area contributed by atoms with Crippen molar-refractivity contribution in [2.45, 2.75) is 33.2 Å². The zero-order chi connectivity index (χ0) is 28.4. The van der Waals surface area contributed by atoms with Crippen LogP contribution in [0.25, 0.3) is 10.9 Å². The number of anilines is 3. The van der Waals surface area contributed by atoms with Crippen molar-refractivity contribution in [3.8, 4) is 11.8 Å². The number of nitriles is 1. The molecule has 2 aromatic heterocycles. The third-order valence-electron chi connectivity index (χ3n) is 7.31. The second-order valence-electron chi connectivity index (χ2n) is 10.4. The van der Waals surface area contributed by atoms with Crippen LogP contribution in [-0.4, -0.2) is 59.3 Å². The molecule has 0 spiro atoms. The van der Waals surface area contributed by atoms with E-state index < -0.39 is 11.6 Å². The topological polar surface area (TPSA) is 82.2 Å². The monoisotopic (exact) mass is 545 g/mol. The minimum atomic E-state index is -0.607. The molecule has 5 rings (SSSR count). The van der Waals surface area contributed by atoms with Crippen molar-refractivity contribution < 1.29 is 13.5 Å². The van der Waals surface area contributed by atoms with Crippen LogP contribution in [0.1, 0.15) is 36.8 Å². The summed E-state index contributed by atoms with van der Waals surface area (Å²) in [5, 5.41) is 13.3. The van der Waals surface area contributed by atoms with Crippen molar-refractivity contribution in [2.75, 3.05) is 50.1 Å². The van der Waals surface area contributed by atoms with Gasteiger partial charge in [0, 0.05) is 67.2 Å². The third kappa shape index (κ3) is 5.42. The van der Waals surface area contributed by atoms with Gasteiger partial charge < -0.3 is 24.4 Å². The molecule has 1 fully saturated rings. The van der Waals surface area contributed by atoms with Crippen LogP contribution in [0, 0.1) is 29.9 Å². The number of likely N-dealkylation sites (N-methyl/N-ethyl adjacent to an activating group) is 1. The standard InChI is InChI=1S/C30H33F2N7O/c1-19(2)39-20(3)15-23-28(32)27(16-25(31)29(23)39)40-14-9-26-24(17-33)30(35-18-34-26)36-21-5-7-22(8-6-21)38-12-10-37(4)11-13-38/h5-8,15-16,18-19H,9-14H2,1-4H3,(H,34,35,36). The maximum absolute atomic E-state index is 15.2. The van der Waals surface area contributed by atoms with E-state index >= 15 is 4.39 Å². The average molecular weight is 546 g/mol. The summed E-state index contributed by atoms with van der Waals surface area (Å²) in [6.45, 7) is 9.70.